The van der Waals surface area contributed by atoms with Gasteiger partial charge in [-0.25, -0.2) is 0 Å². The molecule has 0 aliphatic rings. The van der Waals surface area contributed by atoms with Gasteiger partial charge >= 0.3 is 0 Å². The van der Waals surface area contributed by atoms with Crippen molar-refractivity contribution < 1.29 is 0 Å². The van der Waals surface area contributed by atoms with Gasteiger partial charge in [0.05, 0.1) is 10.7 Å². The van der Waals surface area contributed by atoms with Gasteiger partial charge in [-0.2, -0.15) is 15.0 Å². The summed E-state index contributed by atoms with van der Waals surface area (Å²) in [4.78, 5) is 14.7. The first kappa shape index (κ1) is 14.3. The van der Waals surface area contributed by atoms with Gasteiger partial charge in [-0.1, -0.05) is 23.7 Å². The van der Waals surface area contributed by atoms with E-state index in [1.54, 1.807) is 7.05 Å². The molecule has 0 unspecified atom stereocenters. The predicted octanol–water partition coefficient (Wildman–Crippen LogP) is 2.68. The highest BCUT2D eigenvalue weighted by Gasteiger charge is 2.10. The zero-order chi connectivity index (χ0) is 14.7. The van der Waals surface area contributed by atoms with E-state index in [9.17, 15) is 0 Å². The topological polar surface area (TPSA) is 66.0 Å². The van der Waals surface area contributed by atoms with E-state index in [2.05, 4.69) is 25.6 Å². The van der Waals surface area contributed by atoms with Gasteiger partial charge in [0, 0.05) is 21.1 Å². The van der Waals surface area contributed by atoms with E-state index >= 15 is 0 Å². The highest BCUT2D eigenvalue weighted by Crippen LogP contribution is 2.28. The smallest absolute Gasteiger partial charge is 0.233 e. The molecule has 0 aliphatic heterocycles. The van der Waals surface area contributed by atoms with Crippen molar-refractivity contribution in [2.24, 2.45) is 0 Å². The second-order valence-electron chi connectivity index (χ2n) is 4.48. The molecule has 20 heavy (non-hydrogen) atoms. The van der Waals surface area contributed by atoms with Crippen LogP contribution in [0.15, 0.2) is 18.2 Å². The SMILES string of the molecule is CNc1nc(Nc2c(C)cccc2Cl)nc(N(C)C)n1. The molecule has 7 heteroatoms. The predicted molar refractivity (Wildman–Crippen MR) is 83.2 cm³/mol. The summed E-state index contributed by atoms with van der Waals surface area (Å²) in [6.45, 7) is 1.97. The largest absolute Gasteiger partial charge is 0.357 e. The Morgan fingerprint density at radius 2 is 1.80 bits per heavy atom. The molecule has 0 bridgehead atoms. The van der Waals surface area contributed by atoms with Crippen molar-refractivity contribution in [3.8, 4) is 0 Å². The van der Waals surface area contributed by atoms with E-state index < -0.39 is 0 Å². The van der Waals surface area contributed by atoms with Crippen molar-refractivity contribution in [3.05, 3.63) is 28.8 Å². The van der Waals surface area contributed by atoms with Crippen LogP contribution in [0.3, 0.4) is 0 Å². The number of hydrogen-bond acceptors (Lipinski definition) is 6. The molecule has 1 heterocycles. The van der Waals surface area contributed by atoms with Crippen molar-refractivity contribution in [3.63, 3.8) is 0 Å². The van der Waals surface area contributed by atoms with E-state index in [-0.39, 0.29) is 0 Å². The van der Waals surface area contributed by atoms with Crippen molar-refractivity contribution in [1.82, 2.24) is 15.0 Å². The maximum atomic E-state index is 6.20. The lowest BCUT2D eigenvalue weighted by atomic mass is 10.2. The Hall–Kier alpha value is -2.08. The molecule has 0 saturated heterocycles. The summed E-state index contributed by atoms with van der Waals surface area (Å²) in [6, 6.07) is 5.70. The molecule has 0 spiro atoms. The van der Waals surface area contributed by atoms with Gasteiger partial charge in [0.1, 0.15) is 0 Å². The van der Waals surface area contributed by atoms with E-state index in [0.717, 1.165) is 11.3 Å². The number of anilines is 4. The summed E-state index contributed by atoms with van der Waals surface area (Å²) in [5.41, 5.74) is 1.82. The Morgan fingerprint density at radius 1 is 1.10 bits per heavy atom. The van der Waals surface area contributed by atoms with E-state index in [1.807, 2.05) is 44.1 Å². The molecule has 0 atom stereocenters. The van der Waals surface area contributed by atoms with Gasteiger partial charge in [-0.15, -0.1) is 0 Å². The first-order valence-electron chi connectivity index (χ1n) is 6.14. The van der Waals surface area contributed by atoms with Crippen LogP contribution in [0.2, 0.25) is 5.02 Å². The average molecular weight is 293 g/mol. The summed E-state index contributed by atoms with van der Waals surface area (Å²) in [6.07, 6.45) is 0. The number of nitrogens with zero attached hydrogens (tertiary/aromatic N) is 4. The lowest BCUT2D eigenvalue weighted by molar-refractivity contribution is 0.962. The summed E-state index contributed by atoms with van der Waals surface area (Å²) in [5, 5.41) is 6.69. The molecule has 1 aromatic carbocycles. The molecule has 106 valence electrons. The van der Waals surface area contributed by atoms with Gasteiger partial charge in [-0.3, -0.25) is 0 Å². The second kappa shape index (κ2) is 5.92. The normalized spacial score (nSPS) is 10.2. The molecule has 2 aromatic rings. The fourth-order valence-electron chi connectivity index (χ4n) is 1.63. The molecule has 6 nitrogen and oxygen atoms in total. The van der Waals surface area contributed by atoms with Crippen LogP contribution in [0.4, 0.5) is 23.5 Å². The molecule has 0 amide bonds. The second-order valence-corrected chi connectivity index (χ2v) is 4.89. The zero-order valence-electron chi connectivity index (χ0n) is 11.9. The number of rotatable bonds is 4. The Bertz CT molecular complexity index is 594. The highest BCUT2D eigenvalue weighted by molar-refractivity contribution is 6.33. The third-order valence-electron chi connectivity index (χ3n) is 2.71. The van der Waals surface area contributed by atoms with Crippen LogP contribution in [-0.4, -0.2) is 36.1 Å². The van der Waals surface area contributed by atoms with Gasteiger partial charge in [0.25, 0.3) is 0 Å². The Morgan fingerprint density at radius 3 is 2.40 bits per heavy atom. The fourth-order valence-corrected chi connectivity index (χ4v) is 1.90. The van der Waals surface area contributed by atoms with Crippen molar-refractivity contribution in [1.29, 1.82) is 0 Å². The van der Waals surface area contributed by atoms with E-state index in [1.165, 1.54) is 0 Å². The highest BCUT2D eigenvalue weighted by atomic mass is 35.5. The number of benzene rings is 1. The van der Waals surface area contributed by atoms with Crippen LogP contribution in [0.1, 0.15) is 5.56 Å². The van der Waals surface area contributed by atoms with Gasteiger partial charge in [0.2, 0.25) is 17.8 Å². The summed E-state index contributed by atoms with van der Waals surface area (Å²) in [7, 11) is 5.51. The van der Waals surface area contributed by atoms with E-state index in [4.69, 9.17) is 11.6 Å². The lowest BCUT2D eigenvalue weighted by Crippen LogP contribution is -2.15. The molecule has 0 saturated carbocycles. The standard InChI is InChI=1S/C13H17ClN6/c1-8-6-5-7-9(14)10(8)16-12-17-11(15-2)18-13(19-12)20(3)4/h5-7H,1-4H3,(H2,15,16,17,18,19). The number of halogens is 1. The van der Waals surface area contributed by atoms with Crippen LogP contribution in [-0.2, 0) is 0 Å². The minimum atomic E-state index is 0.448. The Kier molecular flexibility index (Phi) is 4.24. The third kappa shape index (κ3) is 3.08. The average Bonchev–Trinajstić information content (AvgIpc) is 2.42. The number of aromatic nitrogens is 3. The quantitative estimate of drug-likeness (QED) is 0.903. The summed E-state index contributed by atoms with van der Waals surface area (Å²) in [5.74, 6) is 1.51. The van der Waals surface area contributed by atoms with Crippen LogP contribution >= 0.6 is 11.6 Å². The van der Waals surface area contributed by atoms with E-state index in [0.29, 0.717) is 22.9 Å². The van der Waals surface area contributed by atoms with Crippen molar-refractivity contribution in [2.45, 2.75) is 6.92 Å². The minimum Gasteiger partial charge on any atom is -0.357 e. The summed E-state index contributed by atoms with van der Waals surface area (Å²) < 4.78 is 0. The number of para-hydroxylation sites is 1. The van der Waals surface area contributed by atoms with Crippen LogP contribution in [0.5, 0.6) is 0 Å². The van der Waals surface area contributed by atoms with Gasteiger partial charge in [-0.05, 0) is 18.6 Å². The molecular weight excluding hydrogens is 276 g/mol. The number of nitrogens with one attached hydrogen (secondary N) is 2. The molecule has 0 fully saturated rings. The number of hydrogen-bond donors (Lipinski definition) is 2. The first-order valence-corrected chi connectivity index (χ1v) is 6.52. The fraction of sp³-hybridized carbons (Fsp3) is 0.308. The Balaban J connectivity index is 2.40. The molecule has 0 aliphatic carbocycles. The van der Waals surface area contributed by atoms with Crippen molar-refractivity contribution in [2.75, 3.05) is 36.7 Å². The van der Waals surface area contributed by atoms with Gasteiger partial charge in [0.15, 0.2) is 0 Å². The van der Waals surface area contributed by atoms with Gasteiger partial charge < -0.3 is 15.5 Å². The zero-order valence-corrected chi connectivity index (χ0v) is 12.7. The molecule has 0 radical (unpaired) electrons. The molecular formula is C13H17ClN6. The molecule has 2 N–H and O–H groups in total. The first-order chi connectivity index (χ1) is 9.51. The van der Waals surface area contributed by atoms with Crippen LogP contribution in [0, 0.1) is 6.92 Å². The molecule has 1 aromatic heterocycles. The lowest BCUT2D eigenvalue weighted by Gasteiger charge is -2.14. The maximum Gasteiger partial charge on any atom is 0.233 e. The maximum absolute atomic E-state index is 6.20. The minimum absolute atomic E-state index is 0.448. The Labute approximate surface area is 123 Å². The molecule has 2 rings (SSSR count). The third-order valence-corrected chi connectivity index (χ3v) is 3.02. The monoisotopic (exact) mass is 292 g/mol. The van der Waals surface area contributed by atoms with Crippen LogP contribution in [0.25, 0.3) is 0 Å². The number of aryl methyl sites for hydroxylation is 1. The van der Waals surface area contributed by atoms with Crippen molar-refractivity contribution >= 4 is 35.1 Å². The summed E-state index contributed by atoms with van der Waals surface area (Å²) >= 11 is 6.20. The van der Waals surface area contributed by atoms with Crippen LogP contribution < -0.4 is 15.5 Å².